The summed E-state index contributed by atoms with van der Waals surface area (Å²) >= 11 is 0. The minimum atomic E-state index is -0.699. The van der Waals surface area contributed by atoms with Crippen LogP contribution in [0.4, 0.5) is 0 Å². The zero-order valence-electron chi connectivity index (χ0n) is 14.8. The Balaban J connectivity index is 3.56. The maximum absolute atomic E-state index is 10.7. The van der Waals surface area contributed by atoms with Crippen molar-refractivity contribution in [2.24, 2.45) is 0 Å². The van der Waals surface area contributed by atoms with Gasteiger partial charge in [0.2, 0.25) is 0 Å². The summed E-state index contributed by atoms with van der Waals surface area (Å²) in [6.45, 7) is 4.02. The Morgan fingerprint density at radius 2 is 1.74 bits per heavy atom. The van der Waals surface area contributed by atoms with Gasteiger partial charge in [0.25, 0.3) is 0 Å². The molecule has 0 aromatic heterocycles. The number of aliphatic hydroxyl groups is 1. The van der Waals surface area contributed by atoms with E-state index in [-0.39, 0.29) is 0 Å². The van der Waals surface area contributed by atoms with Gasteiger partial charge in [-0.05, 0) is 32.6 Å². The van der Waals surface area contributed by atoms with E-state index in [4.69, 9.17) is 5.26 Å². The molecule has 134 valence electrons. The summed E-state index contributed by atoms with van der Waals surface area (Å²) in [5, 5.41) is 18.3. The van der Waals surface area contributed by atoms with E-state index in [0.29, 0.717) is 6.42 Å². The first-order valence-corrected chi connectivity index (χ1v) is 8.93. The van der Waals surface area contributed by atoms with Gasteiger partial charge >= 0.3 is 5.97 Å². The van der Waals surface area contributed by atoms with E-state index in [1.807, 2.05) is 25.2 Å². The number of allylic oxidation sites excluding steroid dienone is 3. The zero-order chi connectivity index (χ0) is 17.4. The molecule has 1 unspecified atom stereocenters. The molecule has 4 heteroatoms. The summed E-state index contributed by atoms with van der Waals surface area (Å²) in [5.74, 6) is -0.551. The Hall–Kier alpha value is -1.13. The first-order valence-electron chi connectivity index (χ1n) is 8.93. The summed E-state index contributed by atoms with van der Waals surface area (Å²) in [7, 11) is 0. The highest BCUT2D eigenvalue weighted by Gasteiger charge is 2.14. The molecule has 0 aromatic rings. The maximum atomic E-state index is 10.7. The van der Waals surface area contributed by atoms with Gasteiger partial charge in [-0.2, -0.15) is 5.26 Å². The van der Waals surface area contributed by atoms with Crippen LogP contribution in [0.25, 0.3) is 0 Å². The van der Waals surface area contributed by atoms with Crippen molar-refractivity contribution < 1.29 is 20.0 Å². The van der Waals surface area contributed by atoms with Crippen LogP contribution in [0.2, 0.25) is 0 Å². The average Bonchev–Trinajstić information content (AvgIpc) is 2.52. The van der Waals surface area contributed by atoms with E-state index in [9.17, 15) is 9.90 Å². The standard InChI is InChI=1S/C19H34O4/c1-3-4-13-16-19(2,21)17-14-11-9-7-5-6-8-10-12-15-18(20)23-22/h9,11,14,17,21-22H,3-8,10,12-13,15-16H2,1-2H3/b11-9-,17-14+. The molecule has 2 N–H and O–H groups in total. The van der Waals surface area contributed by atoms with Crippen molar-refractivity contribution in [3.8, 4) is 0 Å². The van der Waals surface area contributed by atoms with E-state index in [1.54, 1.807) is 0 Å². The van der Waals surface area contributed by atoms with Gasteiger partial charge in [-0.3, -0.25) is 0 Å². The molecule has 0 radical (unpaired) electrons. The molecular weight excluding hydrogens is 292 g/mol. The highest BCUT2D eigenvalue weighted by molar-refractivity contribution is 5.68. The number of hydrogen-bond donors (Lipinski definition) is 2. The molecular formula is C19H34O4. The Bertz CT molecular complexity index is 345. The molecule has 0 saturated carbocycles. The lowest BCUT2D eigenvalue weighted by Crippen LogP contribution is -2.20. The first-order chi connectivity index (χ1) is 11.0. The predicted molar refractivity (Wildman–Crippen MR) is 94.1 cm³/mol. The molecule has 0 amide bonds. The minimum absolute atomic E-state index is 0.291. The fourth-order valence-electron chi connectivity index (χ4n) is 2.36. The molecule has 23 heavy (non-hydrogen) atoms. The highest BCUT2D eigenvalue weighted by atomic mass is 17.1. The smallest absolute Gasteiger partial charge is 0.342 e. The van der Waals surface area contributed by atoms with Crippen molar-refractivity contribution in [2.75, 3.05) is 0 Å². The van der Waals surface area contributed by atoms with Crippen LogP contribution in [-0.4, -0.2) is 21.9 Å². The Morgan fingerprint density at radius 3 is 2.43 bits per heavy atom. The Morgan fingerprint density at radius 1 is 1.04 bits per heavy atom. The van der Waals surface area contributed by atoms with Gasteiger partial charge in [0.15, 0.2) is 0 Å². The van der Waals surface area contributed by atoms with E-state index in [0.717, 1.165) is 51.4 Å². The van der Waals surface area contributed by atoms with Crippen molar-refractivity contribution in [3.05, 3.63) is 24.3 Å². The monoisotopic (exact) mass is 326 g/mol. The summed E-state index contributed by atoms with van der Waals surface area (Å²) in [4.78, 5) is 14.3. The van der Waals surface area contributed by atoms with Crippen molar-refractivity contribution >= 4 is 5.97 Å². The van der Waals surface area contributed by atoms with E-state index >= 15 is 0 Å². The third-order valence-electron chi connectivity index (χ3n) is 3.84. The number of unbranched alkanes of at least 4 members (excludes halogenated alkanes) is 7. The summed E-state index contributed by atoms with van der Waals surface area (Å²) in [6.07, 6.45) is 18.6. The fraction of sp³-hybridized carbons (Fsp3) is 0.737. The fourth-order valence-corrected chi connectivity index (χ4v) is 2.36. The number of hydrogen-bond acceptors (Lipinski definition) is 4. The number of carbonyl (C=O) groups is 1. The van der Waals surface area contributed by atoms with Gasteiger partial charge in [-0.25, -0.2) is 4.79 Å². The number of carbonyl (C=O) groups excluding carboxylic acids is 1. The molecule has 0 aliphatic carbocycles. The van der Waals surface area contributed by atoms with Crippen LogP contribution in [0.5, 0.6) is 0 Å². The van der Waals surface area contributed by atoms with E-state index in [1.165, 1.54) is 12.8 Å². The molecule has 0 saturated heterocycles. The topological polar surface area (TPSA) is 66.8 Å². The van der Waals surface area contributed by atoms with Crippen molar-refractivity contribution in [1.29, 1.82) is 0 Å². The van der Waals surface area contributed by atoms with Gasteiger partial charge < -0.3 is 9.99 Å². The molecule has 1 atom stereocenters. The molecule has 0 fully saturated rings. The van der Waals surface area contributed by atoms with E-state index < -0.39 is 11.6 Å². The van der Waals surface area contributed by atoms with Crippen LogP contribution in [0, 0.1) is 0 Å². The highest BCUT2D eigenvalue weighted by Crippen LogP contribution is 2.16. The molecule has 4 nitrogen and oxygen atoms in total. The van der Waals surface area contributed by atoms with Crippen molar-refractivity contribution in [2.45, 2.75) is 90.1 Å². The third kappa shape index (κ3) is 15.5. The Kier molecular flexibility index (Phi) is 13.8. The second-order valence-corrected chi connectivity index (χ2v) is 6.37. The lowest BCUT2D eigenvalue weighted by atomic mass is 9.98. The summed E-state index contributed by atoms with van der Waals surface area (Å²) in [5.41, 5.74) is -0.699. The lowest BCUT2D eigenvalue weighted by Gasteiger charge is -2.18. The molecule has 0 aliphatic heterocycles. The van der Waals surface area contributed by atoms with Crippen molar-refractivity contribution in [3.63, 3.8) is 0 Å². The maximum Gasteiger partial charge on any atom is 0.342 e. The van der Waals surface area contributed by atoms with Gasteiger partial charge in [0.1, 0.15) is 0 Å². The SMILES string of the molecule is CCCCCC(C)(O)/C=C/C=C\CCCCCCCC(=O)OO. The average molecular weight is 326 g/mol. The lowest BCUT2D eigenvalue weighted by molar-refractivity contribution is -0.234. The van der Waals surface area contributed by atoms with Crippen LogP contribution in [0.15, 0.2) is 24.3 Å². The van der Waals surface area contributed by atoms with Crippen LogP contribution < -0.4 is 0 Å². The largest absolute Gasteiger partial charge is 0.386 e. The van der Waals surface area contributed by atoms with Crippen molar-refractivity contribution in [1.82, 2.24) is 0 Å². The van der Waals surface area contributed by atoms with Gasteiger partial charge in [0, 0.05) is 6.42 Å². The second-order valence-electron chi connectivity index (χ2n) is 6.37. The molecule has 0 aliphatic rings. The third-order valence-corrected chi connectivity index (χ3v) is 3.84. The van der Waals surface area contributed by atoms with Gasteiger partial charge in [-0.1, -0.05) is 69.8 Å². The van der Waals surface area contributed by atoms with Gasteiger partial charge in [0.05, 0.1) is 5.60 Å². The van der Waals surface area contributed by atoms with Crippen LogP contribution >= 0.6 is 0 Å². The Labute approximate surface area is 141 Å². The molecule has 0 aromatic carbocycles. The molecule has 0 bridgehead atoms. The zero-order valence-corrected chi connectivity index (χ0v) is 14.8. The molecule has 0 rings (SSSR count). The second kappa shape index (κ2) is 14.5. The number of rotatable bonds is 14. The summed E-state index contributed by atoms with van der Waals surface area (Å²) in [6, 6.07) is 0. The van der Waals surface area contributed by atoms with Crippen LogP contribution in [0.1, 0.15) is 84.5 Å². The predicted octanol–water partition coefficient (Wildman–Crippen LogP) is 5.18. The normalized spacial score (nSPS) is 14.4. The van der Waals surface area contributed by atoms with Crippen LogP contribution in [-0.2, 0) is 9.68 Å². The van der Waals surface area contributed by atoms with Crippen LogP contribution in [0.3, 0.4) is 0 Å². The molecule has 0 spiro atoms. The summed E-state index contributed by atoms with van der Waals surface area (Å²) < 4.78 is 0. The molecule has 0 heterocycles. The van der Waals surface area contributed by atoms with E-state index in [2.05, 4.69) is 17.9 Å². The first kappa shape index (κ1) is 21.9. The quantitative estimate of drug-likeness (QED) is 0.200. The minimum Gasteiger partial charge on any atom is -0.386 e. The van der Waals surface area contributed by atoms with Gasteiger partial charge in [-0.15, -0.1) is 0 Å².